The highest BCUT2D eigenvalue weighted by molar-refractivity contribution is 6.04. The number of hydrogen-bond donors (Lipinski definition) is 1. The minimum absolute atomic E-state index is 0.0723. The molecule has 0 fully saturated rings. The number of aromatic hydroxyl groups is 1. The van der Waals surface area contributed by atoms with Crippen LogP contribution in [0.2, 0.25) is 0 Å². The van der Waals surface area contributed by atoms with Crippen LogP contribution < -0.4 is 0 Å². The van der Waals surface area contributed by atoms with E-state index in [2.05, 4.69) is 97.1 Å². The van der Waals surface area contributed by atoms with E-state index in [1.165, 1.54) is 49.4 Å². The van der Waals surface area contributed by atoms with E-state index in [-0.39, 0.29) is 5.92 Å². The van der Waals surface area contributed by atoms with Crippen LogP contribution in [0.15, 0.2) is 109 Å². The molecule has 1 aliphatic carbocycles. The second-order valence-corrected chi connectivity index (χ2v) is 8.69. The summed E-state index contributed by atoms with van der Waals surface area (Å²) >= 11 is 0. The Morgan fingerprint density at radius 2 is 1.19 bits per heavy atom. The molecule has 0 radical (unpaired) electrons. The van der Waals surface area contributed by atoms with Crippen LogP contribution in [0.3, 0.4) is 0 Å². The minimum Gasteiger partial charge on any atom is -0.507 e. The van der Waals surface area contributed by atoms with E-state index in [9.17, 15) is 5.11 Å². The highest BCUT2D eigenvalue weighted by atomic mass is 16.3. The van der Waals surface area contributed by atoms with Gasteiger partial charge in [-0.3, -0.25) is 0 Å². The average Bonchev–Trinajstić information content (AvgIpc) is 3.17. The Kier molecular flexibility index (Phi) is 3.54. The molecule has 0 saturated carbocycles. The molecular weight excluding hydrogens is 388 g/mol. The third kappa shape index (κ3) is 2.34. The Hall–Kier alpha value is -4.10. The number of benzene rings is 6. The topological polar surface area (TPSA) is 20.2 Å². The van der Waals surface area contributed by atoms with Crippen LogP contribution in [-0.4, -0.2) is 5.11 Å². The summed E-state index contributed by atoms with van der Waals surface area (Å²) in [5.74, 6) is 0.422. The minimum atomic E-state index is 0.0723. The van der Waals surface area contributed by atoms with E-state index in [4.69, 9.17) is 0 Å². The fraction of sp³-hybridized carbons (Fsp3) is 0.0323. The lowest BCUT2D eigenvalue weighted by Gasteiger charge is -2.19. The third-order valence-corrected chi connectivity index (χ3v) is 7.01. The van der Waals surface area contributed by atoms with Gasteiger partial charge in [-0.15, -0.1) is 0 Å². The van der Waals surface area contributed by atoms with Crippen LogP contribution in [0.1, 0.15) is 22.6 Å². The molecule has 1 unspecified atom stereocenters. The maximum absolute atomic E-state index is 10.9. The van der Waals surface area contributed by atoms with Crippen molar-refractivity contribution in [2.45, 2.75) is 5.92 Å². The van der Waals surface area contributed by atoms with E-state index in [0.29, 0.717) is 5.75 Å². The van der Waals surface area contributed by atoms with Crippen molar-refractivity contribution in [2.75, 3.05) is 0 Å². The number of fused-ring (bicyclic) bond motifs is 7. The normalized spacial score (nSPS) is 14.7. The fourth-order valence-electron chi connectivity index (χ4n) is 5.64. The van der Waals surface area contributed by atoms with E-state index < -0.39 is 0 Å². The first-order valence-electron chi connectivity index (χ1n) is 11.0. The van der Waals surface area contributed by atoms with Gasteiger partial charge in [0.1, 0.15) is 5.75 Å². The summed E-state index contributed by atoms with van der Waals surface area (Å²) < 4.78 is 0. The first-order valence-corrected chi connectivity index (χ1v) is 11.0. The molecular formula is C31H20O. The molecule has 6 aromatic rings. The number of phenols is 1. The van der Waals surface area contributed by atoms with Crippen molar-refractivity contribution in [3.05, 3.63) is 126 Å². The molecule has 0 heterocycles. The lowest BCUT2D eigenvalue weighted by molar-refractivity contribution is 0.481. The summed E-state index contributed by atoms with van der Waals surface area (Å²) in [7, 11) is 0. The molecule has 1 aliphatic rings. The van der Waals surface area contributed by atoms with E-state index in [1.54, 1.807) is 6.07 Å². The van der Waals surface area contributed by atoms with Crippen molar-refractivity contribution in [3.63, 3.8) is 0 Å². The smallest absolute Gasteiger partial charge is 0.123 e. The van der Waals surface area contributed by atoms with Crippen molar-refractivity contribution in [1.82, 2.24) is 0 Å². The van der Waals surface area contributed by atoms with E-state index in [0.717, 1.165) is 10.8 Å². The first kappa shape index (κ1) is 17.6. The van der Waals surface area contributed by atoms with Crippen molar-refractivity contribution in [3.8, 4) is 16.9 Å². The van der Waals surface area contributed by atoms with Crippen LogP contribution in [0, 0.1) is 0 Å². The summed E-state index contributed by atoms with van der Waals surface area (Å²) in [6.07, 6.45) is 0. The molecule has 0 saturated heterocycles. The SMILES string of the molecule is Oc1cccc2ccc3c(c12)C(c1cccc2cc4ccccc4cc12)c1ccccc1-3. The summed E-state index contributed by atoms with van der Waals surface area (Å²) in [6.45, 7) is 0. The first-order chi connectivity index (χ1) is 15.8. The standard InChI is InChI=1S/C31H20O/c32-28-14-6-9-19-15-16-26-23-11-3-4-12-24(23)30(31(26)29(19)28)25-13-5-10-22-17-20-7-1-2-8-21(20)18-27(22)25/h1-18,30,32H. The van der Waals surface area contributed by atoms with Gasteiger partial charge in [0.15, 0.2) is 0 Å². The van der Waals surface area contributed by atoms with Gasteiger partial charge in [-0.05, 0) is 72.9 Å². The van der Waals surface area contributed by atoms with Crippen molar-refractivity contribution >= 4 is 32.3 Å². The van der Waals surface area contributed by atoms with Gasteiger partial charge in [0, 0.05) is 11.3 Å². The van der Waals surface area contributed by atoms with Gasteiger partial charge in [0.05, 0.1) is 0 Å². The van der Waals surface area contributed by atoms with Gasteiger partial charge >= 0.3 is 0 Å². The quantitative estimate of drug-likeness (QED) is 0.273. The second kappa shape index (κ2) is 6.45. The molecule has 1 atom stereocenters. The van der Waals surface area contributed by atoms with Crippen LogP contribution in [0.5, 0.6) is 5.75 Å². The fourth-order valence-corrected chi connectivity index (χ4v) is 5.64. The average molecular weight is 409 g/mol. The predicted octanol–water partition coefficient (Wildman–Crippen LogP) is 8.01. The Morgan fingerprint density at radius 1 is 0.500 bits per heavy atom. The zero-order chi connectivity index (χ0) is 21.2. The van der Waals surface area contributed by atoms with E-state index >= 15 is 0 Å². The zero-order valence-electron chi connectivity index (χ0n) is 17.4. The Balaban J connectivity index is 1.63. The molecule has 32 heavy (non-hydrogen) atoms. The number of hydrogen-bond acceptors (Lipinski definition) is 1. The van der Waals surface area contributed by atoms with Gasteiger partial charge in [-0.2, -0.15) is 0 Å². The molecule has 6 aromatic carbocycles. The second-order valence-electron chi connectivity index (χ2n) is 8.69. The highest BCUT2D eigenvalue weighted by Gasteiger charge is 2.33. The molecule has 0 aliphatic heterocycles. The molecule has 0 amide bonds. The van der Waals surface area contributed by atoms with Crippen molar-refractivity contribution in [2.24, 2.45) is 0 Å². The van der Waals surface area contributed by atoms with Gasteiger partial charge in [0.25, 0.3) is 0 Å². The molecule has 7 rings (SSSR count). The van der Waals surface area contributed by atoms with Crippen LogP contribution in [0.4, 0.5) is 0 Å². The maximum Gasteiger partial charge on any atom is 0.123 e. The molecule has 1 N–H and O–H groups in total. The predicted molar refractivity (Wildman–Crippen MR) is 133 cm³/mol. The summed E-state index contributed by atoms with van der Waals surface area (Å²) in [4.78, 5) is 0. The lowest BCUT2D eigenvalue weighted by atomic mass is 9.83. The largest absolute Gasteiger partial charge is 0.507 e. The lowest BCUT2D eigenvalue weighted by Crippen LogP contribution is -2.01. The van der Waals surface area contributed by atoms with Crippen molar-refractivity contribution in [1.29, 1.82) is 0 Å². The molecule has 1 heteroatoms. The summed E-state index contributed by atoms with van der Waals surface area (Å²) in [6, 6.07) is 38.6. The molecule has 150 valence electrons. The molecule has 1 nitrogen and oxygen atoms in total. The third-order valence-electron chi connectivity index (χ3n) is 7.01. The molecule has 0 spiro atoms. The number of rotatable bonds is 1. The molecule has 0 aromatic heterocycles. The van der Waals surface area contributed by atoms with Gasteiger partial charge < -0.3 is 5.11 Å². The van der Waals surface area contributed by atoms with Crippen LogP contribution in [0.25, 0.3) is 43.4 Å². The number of phenolic OH excluding ortho intramolecular Hbond substituents is 1. The Labute approximate surface area is 186 Å². The van der Waals surface area contributed by atoms with Crippen molar-refractivity contribution < 1.29 is 5.11 Å². The van der Waals surface area contributed by atoms with Gasteiger partial charge in [-0.1, -0.05) is 91.0 Å². The van der Waals surface area contributed by atoms with Gasteiger partial charge in [-0.25, -0.2) is 0 Å². The van der Waals surface area contributed by atoms with Crippen LogP contribution >= 0.6 is 0 Å². The highest BCUT2D eigenvalue weighted by Crippen LogP contribution is 2.53. The summed E-state index contributed by atoms with van der Waals surface area (Å²) in [5, 5.41) is 18.0. The maximum atomic E-state index is 10.9. The van der Waals surface area contributed by atoms with Gasteiger partial charge in [0.2, 0.25) is 0 Å². The Bertz CT molecular complexity index is 1690. The zero-order valence-corrected chi connectivity index (χ0v) is 17.4. The monoisotopic (exact) mass is 408 g/mol. The summed E-state index contributed by atoms with van der Waals surface area (Å²) in [5.41, 5.74) is 6.28. The Morgan fingerprint density at radius 3 is 2.09 bits per heavy atom. The van der Waals surface area contributed by atoms with E-state index in [1.807, 2.05) is 6.07 Å². The molecule has 0 bridgehead atoms. The van der Waals surface area contributed by atoms with Crippen LogP contribution in [-0.2, 0) is 0 Å².